The van der Waals surface area contributed by atoms with E-state index in [2.05, 4.69) is 6.58 Å². The summed E-state index contributed by atoms with van der Waals surface area (Å²) in [6.45, 7) is 11.2. The third-order valence-corrected chi connectivity index (χ3v) is 5.28. The molecule has 1 heterocycles. The highest BCUT2D eigenvalue weighted by Crippen LogP contribution is 2.44. The molecule has 0 aliphatic carbocycles. The van der Waals surface area contributed by atoms with Crippen LogP contribution in [0.15, 0.2) is 73.3 Å². The van der Waals surface area contributed by atoms with Gasteiger partial charge in [-0.25, -0.2) is 4.79 Å². The Morgan fingerprint density at radius 2 is 1.70 bits per heavy atom. The average Bonchev–Trinajstić information content (AvgIpc) is 3.06. The van der Waals surface area contributed by atoms with Crippen molar-refractivity contribution in [2.24, 2.45) is 0 Å². The Bertz CT molecular complexity index is 862. The number of nitrogens with zero attached hydrogens (tertiary/aromatic N) is 1. The molecule has 5 heteroatoms. The Morgan fingerprint density at radius 3 is 2.23 bits per heavy atom. The van der Waals surface area contributed by atoms with Gasteiger partial charge in [0.1, 0.15) is 17.3 Å². The summed E-state index contributed by atoms with van der Waals surface area (Å²) < 4.78 is 12.1. The molecule has 4 atom stereocenters. The van der Waals surface area contributed by atoms with E-state index < -0.39 is 29.6 Å². The molecule has 0 spiro atoms. The molecule has 0 bridgehead atoms. The topological polar surface area (TPSA) is 59.0 Å². The molecule has 1 amide bonds. The largest absolute Gasteiger partial charge is 0.444 e. The highest BCUT2D eigenvalue weighted by atomic mass is 16.6. The van der Waals surface area contributed by atoms with Crippen molar-refractivity contribution in [3.05, 3.63) is 84.4 Å². The summed E-state index contributed by atoms with van der Waals surface area (Å²) in [5.74, 6) is 0. The maximum absolute atomic E-state index is 13.2. The summed E-state index contributed by atoms with van der Waals surface area (Å²) in [4.78, 5) is 14.8. The standard InChI is InChI=1S/C25H31NO4/c1-6-17-25(28,20-15-11-8-12-16-20)22-26(23(27)30-24(3,4)5)18(2)21(29-22)19-13-9-7-10-14-19/h6-16,18,21-22,28H,1,17H2,2-5H3/t18-,21-,22-,25+/m0/s1. The lowest BCUT2D eigenvalue weighted by Gasteiger charge is -2.39. The predicted octanol–water partition coefficient (Wildman–Crippen LogP) is 5.17. The second kappa shape index (κ2) is 8.62. The van der Waals surface area contributed by atoms with E-state index in [1.807, 2.05) is 88.4 Å². The molecule has 0 saturated carbocycles. The molecule has 1 aliphatic rings. The first-order valence-electron chi connectivity index (χ1n) is 10.3. The van der Waals surface area contributed by atoms with Crippen LogP contribution >= 0.6 is 0 Å². The number of carbonyl (C=O) groups excluding carboxylic acids is 1. The Hall–Kier alpha value is -2.63. The van der Waals surface area contributed by atoms with Gasteiger partial charge in [-0.1, -0.05) is 66.7 Å². The van der Waals surface area contributed by atoms with Gasteiger partial charge < -0.3 is 14.6 Å². The van der Waals surface area contributed by atoms with Gasteiger partial charge in [0.2, 0.25) is 0 Å². The Morgan fingerprint density at radius 1 is 1.13 bits per heavy atom. The Labute approximate surface area is 178 Å². The van der Waals surface area contributed by atoms with Crippen LogP contribution in [0.25, 0.3) is 0 Å². The number of aliphatic hydroxyl groups is 1. The molecule has 0 radical (unpaired) electrons. The van der Waals surface area contributed by atoms with Crippen molar-refractivity contribution in [1.82, 2.24) is 4.90 Å². The first-order valence-corrected chi connectivity index (χ1v) is 10.3. The van der Waals surface area contributed by atoms with E-state index in [0.29, 0.717) is 5.56 Å². The molecule has 1 saturated heterocycles. The van der Waals surface area contributed by atoms with E-state index in [-0.39, 0.29) is 12.5 Å². The molecule has 0 aromatic heterocycles. The zero-order valence-electron chi connectivity index (χ0n) is 18.1. The Balaban J connectivity index is 2.07. The van der Waals surface area contributed by atoms with E-state index in [4.69, 9.17) is 9.47 Å². The van der Waals surface area contributed by atoms with Crippen molar-refractivity contribution < 1.29 is 19.4 Å². The highest BCUT2D eigenvalue weighted by molar-refractivity contribution is 5.69. The quantitative estimate of drug-likeness (QED) is 0.692. The first-order chi connectivity index (χ1) is 14.2. The van der Waals surface area contributed by atoms with E-state index in [1.165, 1.54) is 4.90 Å². The van der Waals surface area contributed by atoms with Crippen LogP contribution in [0.1, 0.15) is 51.3 Å². The highest BCUT2D eigenvalue weighted by Gasteiger charge is 2.54. The number of hydrogen-bond acceptors (Lipinski definition) is 4. The lowest BCUT2D eigenvalue weighted by molar-refractivity contribution is -0.148. The normalized spacial score (nSPS) is 23.6. The fourth-order valence-corrected chi connectivity index (χ4v) is 3.90. The molecule has 1 aliphatic heterocycles. The van der Waals surface area contributed by atoms with Crippen LogP contribution in [0.2, 0.25) is 0 Å². The first kappa shape index (κ1) is 22.1. The summed E-state index contributed by atoms with van der Waals surface area (Å²) in [5.41, 5.74) is -0.549. The molecule has 0 unspecified atom stereocenters. The molecule has 1 fully saturated rings. The SMILES string of the molecule is C=CC[C@@](O)(c1ccccc1)[C@@H]1O[C@H](c2ccccc2)[C@H](C)N1C(=O)OC(C)(C)C. The summed E-state index contributed by atoms with van der Waals surface area (Å²) in [6.07, 6.45) is 0.00730. The second-order valence-corrected chi connectivity index (χ2v) is 8.73. The third-order valence-electron chi connectivity index (χ3n) is 5.28. The molecule has 5 nitrogen and oxygen atoms in total. The minimum atomic E-state index is -1.47. The molecule has 160 valence electrons. The van der Waals surface area contributed by atoms with Gasteiger partial charge in [0.15, 0.2) is 6.23 Å². The monoisotopic (exact) mass is 409 g/mol. The van der Waals surface area contributed by atoms with Crippen molar-refractivity contribution in [3.63, 3.8) is 0 Å². The van der Waals surface area contributed by atoms with Gasteiger partial charge in [0, 0.05) is 6.42 Å². The van der Waals surface area contributed by atoms with Gasteiger partial charge in [0.25, 0.3) is 0 Å². The van der Waals surface area contributed by atoms with Crippen LogP contribution in [0.5, 0.6) is 0 Å². The maximum Gasteiger partial charge on any atom is 0.412 e. The average molecular weight is 410 g/mol. The van der Waals surface area contributed by atoms with Gasteiger partial charge in [-0.05, 0) is 38.8 Å². The zero-order valence-corrected chi connectivity index (χ0v) is 18.1. The fraction of sp³-hybridized carbons (Fsp3) is 0.400. The van der Waals surface area contributed by atoms with Gasteiger partial charge in [0.05, 0.1) is 6.04 Å². The van der Waals surface area contributed by atoms with Crippen molar-refractivity contribution in [3.8, 4) is 0 Å². The van der Waals surface area contributed by atoms with Crippen molar-refractivity contribution in [1.29, 1.82) is 0 Å². The minimum absolute atomic E-state index is 0.217. The number of rotatable bonds is 5. The van der Waals surface area contributed by atoms with E-state index in [9.17, 15) is 9.90 Å². The molecule has 30 heavy (non-hydrogen) atoms. The lowest BCUT2D eigenvalue weighted by Crippen LogP contribution is -2.53. The molecule has 3 rings (SSSR count). The molecule has 2 aromatic carbocycles. The summed E-state index contributed by atoms with van der Waals surface area (Å²) in [5, 5.41) is 11.8. The lowest BCUT2D eigenvalue weighted by atomic mass is 9.88. The van der Waals surface area contributed by atoms with Crippen molar-refractivity contribution in [2.45, 2.75) is 63.7 Å². The smallest absolute Gasteiger partial charge is 0.412 e. The molecular weight excluding hydrogens is 378 g/mol. The summed E-state index contributed by atoms with van der Waals surface area (Å²) >= 11 is 0. The zero-order chi connectivity index (χ0) is 21.9. The van der Waals surface area contributed by atoms with Crippen LogP contribution in [0.3, 0.4) is 0 Å². The predicted molar refractivity (Wildman–Crippen MR) is 117 cm³/mol. The fourth-order valence-electron chi connectivity index (χ4n) is 3.90. The molecular formula is C25H31NO4. The number of amides is 1. The molecule has 2 aromatic rings. The van der Waals surface area contributed by atoms with Crippen molar-refractivity contribution >= 4 is 6.09 Å². The van der Waals surface area contributed by atoms with Crippen LogP contribution < -0.4 is 0 Å². The van der Waals surface area contributed by atoms with Crippen LogP contribution in [0.4, 0.5) is 4.79 Å². The number of carbonyl (C=O) groups is 1. The van der Waals surface area contributed by atoms with Crippen LogP contribution in [-0.4, -0.2) is 34.0 Å². The summed E-state index contributed by atoms with van der Waals surface area (Å²) in [7, 11) is 0. The number of benzene rings is 2. The summed E-state index contributed by atoms with van der Waals surface area (Å²) in [6, 6.07) is 18.7. The number of hydrogen-bond donors (Lipinski definition) is 1. The van der Waals surface area contributed by atoms with Gasteiger partial charge in [-0.15, -0.1) is 6.58 Å². The van der Waals surface area contributed by atoms with E-state index in [1.54, 1.807) is 6.08 Å². The Kier molecular flexibility index (Phi) is 6.34. The van der Waals surface area contributed by atoms with Crippen molar-refractivity contribution in [2.75, 3.05) is 0 Å². The van der Waals surface area contributed by atoms with Crippen LogP contribution in [-0.2, 0) is 15.1 Å². The third kappa shape index (κ3) is 4.42. The maximum atomic E-state index is 13.2. The van der Waals surface area contributed by atoms with Crippen LogP contribution in [0, 0.1) is 0 Å². The molecule has 1 N–H and O–H groups in total. The minimum Gasteiger partial charge on any atom is -0.444 e. The van der Waals surface area contributed by atoms with Gasteiger partial charge >= 0.3 is 6.09 Å². The second-order valence-electron chi connectivity index (χ2n) is 8.73. The van der Waals surface area contributed by atoms with Gasteiger partial charge in [-0.2, -0.15) is 0 Å². The van der Waals surface area contributed by atoms with E-state index in [0.717, 1.165) is 5.56 Å². The number of ether oxygens (including phenoxy) is 2. The van der Waals surface area contributed by atoms with Gasteiger partial charge in [-0.3, -0.25) is 4.90 Å². The van der Waals surface area contributed by atoms with E-state index >= 15 is 0 Å².